The van der Waals surface area contributed by atoms with Gasteiger partial charge in [0.25, 0.3) is 0 Å². The molecule has 4 aliphatic carbocycles. The first-order chi connectivity index (χ1) is 19.8. The van der Waals surface area contributed by atoms with Crippen LogP contribution in [0.5, 0.6) is 0 Å². The molecule has 4 aliphatic rings. The molecule has 0 heterocycles. The average Bonchev–Trinajstić information content (AvgIpc) is 3.17. The number of hydrogen-bond donors (Lipinski definition) is 3. The lowest BCUT2D eigenvalue weighted by Crippen LogP contribution is -2.62. The lowest BCUT2D eigenvalue weighted by molar-refractivity contribution is -0.184. The predicted molar refractivity (Wildman–Crippen MR) is 162 cm³/mol. The van der Waals surface area contributed by atoms with E-state index < -0.39 is 60.8 Å². The maximum Gasteiger partial charge on any atom is 0.397 e. The van der Waals surface area contributed by atoms with Crippen molar-refractivity contribution in [2.24, 2.45) is 57.7 Å². The van der Waals surface area contributed by atoms with Gasteiger partial charge in [-0.15, -0.1) is 0 Å². The van der Waals surface area contributed by atoms with Gasteiger partial charge in [-0.1, -0.05) is 54.9 Å². The molecule has 4 rings (SSSR count). The summed E-state index contributed by atoms with van der Waals surface area (Å²) in [6, 6.07) is 0. The third kappa shape index (κ3) is 7.83. The van der Waals surface area contributed by atoms with Crippen molar-refractivity contribution >= 4 is 31.2 Å². The molecule has 0 aromatic carbocycles. The van der Waals surface area contributed by atoms with Crippen LogP contribution in [0.2, 0.25) is 0 Å². The Kier molecular flexibility index (Phi) is 10.1. The summed E-state index contributed by atoms with van der Waals surface area (Å²) in [7, 11) is -15.0. The molecule has 0 aromatic rings. The van der Waals surface area contributed by atoms with Gasteiger partial charge in [-0.05, 0) is 109 Å². The fourth-order valence-corrected chi connectivity index (χ4v) is 11.7. The summed E-state index contributed by atoms with van der Waals surface area (Å²) < 4.78 is 115. The summed E-state index contributed by atoms with van der Waals surface area (Å²) in [6.07, 6.45) is 1.92. The number of hydrogen-bond acceptors (Lipinski definition) is 9. The molecular weight excluding hydrogens is 637 g/mol. The van der Waals surface area contributed by atoms with Crippen molar-refractivity contribution < 1.29 is 51.5 Å². The van der Waals surface area contributed by atoms with Crippen molar-refractivity contribution in [3.8, 4) is 0 Å². The molecule has 4 fully saturated rings. The normalized spacial score (nSPS) is 41.3. The van der Waals surface area contributed by atoms with Crippen LogP contribution in [-0.4, -0.2) is 57.2 Å². The van der Waals surface area contributed by atoms with E-state index in [1.165, 1.54) is 0 Å². The summed E-state index contributed by atoms with van der Waals surface area (Å²) in [5.41, 5.74) is -0.578. The van der Waals surface area contributed by atoms with Gasteiger partial charge in [-0.2, -0.15) is 25.3 Å². The fraction of sp³-hybridized carbons (Fsp3) is 1.00. The van der Waals surface area contributed by atoms with Gasteiger partial charge in [0.2, 0.25) is 0 Å². The smallest absolute Gasteiger partial charge is 0.264 e. The molecule has 15 heteroatoms. The lowest BCUT2D eigenvalue weighted by atomic mass is 9.43. The van der Waals surface area contributed by atoms with E-state index in [0.29, 0.717) is 24.2 Å². The highest BCUT2D eigenvalue weighted by Gasteiger charge is 2.65. The Morgan fingerprint density at radius 1 is 0.705 bits per heavy atom. The Bertz CT molecular complexity index is 1370. The van der Waals surface area contributed by atoms with E-state index in [0.717, 1.165) is 38.5 Å². The molecule has 3 N–H and O–H groups in total. The molecule has 5 unspecified atom stereocenters. The van der Waals surface area contributed by atoms with Gasteiger partial charge in [0, 0.05) is 0 Å². The van der Waals surface area contributed by atoms with Crippen molar-refractivity contribution in [3.05, 3.63) is 0 Å². The van der Waals surface area contributed by atoms with E-state index in [2.05, 4.69) is 41.5 Å². The lowest BCUT2D eigenvalue weighted by Gasteiger charge is -2.63. The van der Waals surface area contributed by atoms with Crippen molar-refractivity contribution in [1.29, 1.82) is 0 Å². The Balaban J connectivity index is 1.66. The number of fused-ring (bicyclic) bond motifs is 5. The maximum absolute atomic E-state index is 12.1. The zero-order valence-electron chi connectivity index (χ0n) is 26.9. The van der Waals surface area contributed by atoms with E-state index in [1.54, 1.807) is 0 Å². The second-order valence-electron chi connectivity index (χ2n) is 15.9. The predicted octanol–water partition coefficient (Wildman–Crippen LogP) is 5.53. The van der Waals surface area contributed by atoms with Crippen LogP contribution in [-0.2, 0) is 43.7 Å². The van der Waals surface area contributed by atoms with Gasteiger partial charge in [-0.25, -0.2) is 12.5 Å². The summed E-state index contributed by atoms with van der Waals surface area (Å²) in [5, 5.41) is 0. The first kappa shape index (κ1) is 36.4. The number of rotatable bonds is 10. The molecule has 258 valence electrons. The third-order valence-corrected chi connectivity index (χ3v) is 14.1. The van der Waals surface area contributed by atoms with Crippen LogP contribution >= 0.6 is 0 Å². The zero-order valence-corrected chi connectivity index (χ0v) is 29.3. The summed E-state index contributed by atoms with van der Waals surface area (Å²) in [5.74, 6) is 1.12. The van der Waals surface area contributed by atoms with Crippen molar-refractivity contribution in [3.63, 3.8) is 0 Å². The quantitative estimate of drug-likeness (QED) is 0.244. The van der Waals surface area contributed by atoms with E-state index in [1.807, 2.05) is 6.92 Å². The second-order valence-corrected chi connectivity index (χ2v) is 19.0. The highest BCUT2D eigenvalue weighted by molar-refractivity contribution is 7.81. The summed E-state index contributed by atoms with van der Waals surface area (Å²) in [6.45, 7) is 15.7. The van der Waals surface area contributed by atoms with Gasteiger partial charge in [0.05, 0.1) is 6.10 Å². The maximum atomic E-state index is 12.1. The monoisotopic (exact) mass is 688 g/mol. The largest absolute Gasteiger partial charge is 0.397 e. The third-order valence-electron chi connectivity index (χ3n) is 12.7. The van der Waals surface area contributed by atoms with Gasteiger partial charge in [0.15, 0.2) is 0 Å². The Hall–Kier alpha value is -0.390. The van der Waals surface area contributed by atoms with E-state index in [-0.39, 0.29) is 41.4 Å². The van der Waals surface area contributed by atoms with Crippen LogP contribution in [0.25, 0.3) is 0 Å². The molecule has 0 spiro atoms. The Labute approximate surface area is 264 Å². The van der Waals surface area contributed by atoms with Crippen LogP contribution in [0.1, 0.15) is 106 Å². The molecule has 4 saturated carbocycles. The highest BCUT2D eigenvalue weighted by Crippen LogP contribution is 2.69. The van der Waals surface area contributed by atoms with Crippen molar-refractivity contribution in [2.45, 2.75) is 125 Å². The fourth-order valence-electron chi connectivity index (χ4n) is 10.2. The minimum Gasteiger partial charge on any atom is -0.264 e. The SMILES string of the molecule is CC(CC[C@@H](C)[C@H]1CCC2C3C[C@H](OS(=O)(=O)O)C4C[C@H](OS(=O)(=O)O)[C@@H](OS(=O)(=O)O)C[C@]4(C)C3CC[C@@]21C)C(C)(C)C. The molecule has 0 aliphatic heterocycles. The van der Waals surface area contributed by atoms with Crippen LogP contribution in [0.15, 0.2) is 0 Å². The molecule has 0 amide bonds. The Morgan fingerprint density at radius 2 is 1.23 bits per heavy atom. The van der Waals surface area contributed by atoms with E-state index in [9.17, 15) is 38.9 Å². The molecule has 0 saturated heterocycles. The molecule has 12 nitrogen and oxygen atoms in total. The topological polar surface area (TPSA) is 191 Å². The Morgan fingerprint density at radius 3 is 1.77 bits per heavy atom. The van der Waals surface area contributed by atoms with Gasteiger partial charge < -0.3 is 0 Å². The molecule has 44 heavy (non-hydrogen) atoms. The van der Waals surface area contributed by atoms with Crippen molar-refractivity contribution in [2.75, 3.05) is 0 Å². The first-order valence-electron chi connectivity index (χ1n) is 15.8. The van der Waals surface area contributed by atoms with Crippen LogP contribution < -0.4 is 0 Å². The van der Waals surface area contributed by atoms with E-state index in [4.69, 9.17) is 12.5 Å². The minimum atomic E-state index is -5.06. The van der Waals surface area contributed by atoms with Crippen molar-refractivity contribution in [1.82, 2.24) is 0 Å². The van der Waals surface area contributed by atoms with E-state index >= 15 is 0 Å². The minimum absolute atomic E-state index is 0.00197. The molecule has 0 bridgehead atoms. The molecule has 12 atom stereocenters. The molecule has 0 aromatic heterocycles. The van der Waals surface area contributed by atoms with Gasteiger partial charge in [0.1, 0.15) is 12.2 Å². The summed E-state index contributed by atoms with van der Waals surface area (Å²) >= 11 is 0. The average molecular weight is 689 g/mol. The van der Waals surface area contributed by atoms with Crippen LogP contribution in [0.3, 0.4) is 0 Å². The molecule has 0 radical (unpaired) electrons. The molecular formula is C29H52O12S3. The standard InChI is InChI=1S/C29H52O12S3/c1-17(8-9-18(2)27(3,4)5)20-10-11-21-19-14-24(39-42(30,31)32)23-15-25(40-43(33,34)35)26(41-44(36,37)38)16-29(23,7)22(19)12-13-28(20,21)6/h17-26H,8-16H2,1-7H3,(H,30,31,32)(H,33,34,35)(H,36,37,38)/t17-,18?,19?,20-,21?,22?,23?,24+,25+,26+,28-,29-/m1/s1. The summed E-state index contributed by atoms with van der Waals surface area (Å²) in [4.78, 5) is 0. The van der Waals surface area contributed by atoms with Gasteiger partial charge in [-0.3, -0.25) is 13.7 Å². The van der Waals surface area contributed by atoms with Crippen LogP contribution in [0, 0.1) is 57.7 Å². The van der Waals surface area contributed by atoms with Crippen LogP contribution in [0.4, 0.5) is 0 Å². The highest BCUT2D eigenvalue weighted by atomic mass is 32.3. The first-order valence-corrected chi connectivity index (χ1v) is 19.9. The van der Waals surface area contributed by atoms with Gasteiger partial charge >= 0.3 is 31.2 Å². The zero-order chi connectivity index (χ0) is 33.3. The second kappa shape index (κ2) is 12.2.